The van der Waals surface area contributed by atoms with Crippen molar-refractivity contribution in [2.24, 2.45) is 5.92 Å². The molecule has 29 heavy (non-hydrogen) atoms. The monoisotopic (exact) mass is 415 g/mol. The molecule has 5 heteroatoms. The van der Waals surface area contributed by atoms with E-state index >= 15 is 0 Å². The molecule has 2 atom stereocenters. The van der Waals surface area contributed by atoms with Crippen LogP contribution in [0.25, 0.3) is 0 Å². The fourth-order valence-corrected chi connectivity index (χ4v) is 5.81. The minimum Gasteiger partial charge on any atom is -0.372 e. The lowest BCUT2D eigenvalue weighted by Crippen LogP contribution is -2.48. The molecule has 1 heterocycles. The largest absolute Gasteiger partial charge is 0.372 e. The Morgan fingerprint density at radius 3 is 2.31 bits per heavy atom. The van der Waals surface area contributed by atoms with E-state index in [1.165, 1.54) is 0 Å². The van der Waals surface area contributed by atoms with Gasteiger partial charge >= 0.3 is 0 Å². The highest BCUT2D eigenvalue weighted by Crippen LogP contribution is 2.27. The highest BCUT2D eigenvalue weighted by Gasteiger charge is 2.35. The van der Waals surface area contributed by atoms with Gasteiger partial charge in [-0.05, 0) is 55.8 Å². The maximum atomic E-state index is 13.4. The smallest absolute Gasteiger partial charge is 0.194 e. The van der Waals surface area contributed by atoms with Gasteiger partial charge in [-0.2, -0.15) is 0 Å². The van der Waals surface area contributed by atoms with Crippen molar-refractivity contribution in [1.29, 1.82) is 0 Å². The van der Waals surface area contributed by atoms with E-state index in [4.69, 9.17) is 4.74 Å². The van der Waals surface area contributed by atoms with Gasteiger partial charge in [-0.1, -0.05) is 62.4 Å². The summed E-state index contributed by atoms with van der Waals surface area (Å²) in [5, 5.41) is -0.490. The summed E-state index contributed by atoms with van der Waals surface area (Å²) in [5.41, 5.74) is 1.15. The third-order valence-corrected chi connectivity index (χ3v) is 7.75. The molecule has 1 aliphatic rings. The van der Waals surface area contributed by atoms with E-state index in [0.29, 0.717) is 30.4 Å². The molecule has 0 amide bonds. The predicted molar refractivity (Wildman–Crippen MR) is 117 cm³/mol. The van der Waals surface area contributed by atoms with Crippen molar-refractivity contribution in [3.05, 3.63) is 66.2 Å². The van der Waals surface area contributed by atoms with E-state index in [-0.39, 0.29) is 6.10 Å². The summed E-state index contributed by atoms with van der Waals surface area (Å²) < 4.78 is 33.1. The predicted octanol–water partition coefficient (Wildman–Crippen LogP) is 4.90. The van der Waals surface area contributed by atoms with Crippen LogP contribution in [0.1, 0.15) is 45.1 Å². The van der Waals surface area contributed by atoms with Gasteiger partial charge in [0.2, 0.25) is 0 Å². The van der Waals surface area contributed by atoms with Crippen LogP contribution in [0.3, 0.4) is 0 Å². The first-order valence-electron chi connectivity index (χ1n) is 10.7. The van der Waals surface area contributed by atoms with Gasteiger partial charge in [-0.15, -0.1) is 0 Å². The second-order valence-corrected chi connectivity index (χ2v) is 10.4. The molecule has 2 aromatic carbocycles. The summed E-state index contributed by atoms with van der Waals surface area (Å²) >= 11 is 0. The number of rotatable bonds is 9. The van der Waals surface area contributed by atoms with E-state index in [0.717, 1.165) is 31.4 Å². The Morgan fingerprint density at radius 1 is 1.00 bits per heavy atom. The fraction of sp³-hybridized carbons (Fsp3) is 0.500. The van der Waals surface area contributed by atoms with Crippen LogP contribution in [0.2, 0.25) is 0 Å². The average molecular weight is 416 g/mol. The van der Waals surface area contributed by atoms with Crippen LogP contribution in [0, 0.1) is 5.92 Å². The van der Waals surface area contributed by atoms with Gasteiger partial charge in [0.05, 0.1) is 17.6 Å². The Balaban J connectivity index is 1.72. The lowest BCUT2D eigenvalue weighted by molar-refractivity contribution is -0.0145. The third-order valence-electron chi connectivity index (χ3n) is 5.57. The zero-order valence-corrected chi connectivity index (χ0v) is 18.4. The molecule has 0 aromatic heterocycles. The molecule has 3 rings (SSSR count). The van der Waals surface area contributed by atoms with Gasteiger partial charge in [-0.3, -0.25) is 4.90 Å². The van der Waals surface area contributed by atoms with Crippen LogP contribution >= 0.6 is 0 Å². The van der Waals surface area contributed by atoms with E-state index < -0.39 is 15.2 Å². The number of hydrogen-bond donors (Lipinski definition) is 0. The first-order chi connectivity index (χ1) is 14.0. The van der Waals surface area contributed by atoms with Crippen LogP contribution < -0.4 is 0 Å². The molecule has 1 fully saturated rings. The van der Waals surface area contributed by atoms with Gasteiger partial charge in [0.25, 0.3) is 0 Å². The molecule has 1 aliphatic heterocycles. The third kappa shape index (κ3) is 6.14. The van der Waals surface area contributed by atoms with Crippen molar-refractivity contribution >= 4 is 9.84 Å². The van der Waals surface area contributed by atoms with Crippen molar-refractivity contribution in [3.8, 4) is 0 Å². The standard InChI is InChI=1S/C24H33NO3S/c1-20(2)15-16-24(29(26,27)23-13-7-4-8-14-23)25-17-9-12-22(18-25)28-19-21-10-5-3-6-11-21/h3-8,10-11,13-14,20,22,24H,9,12,15-19H2,1-2H3. The molecule has 0 aliphatic carbocycles. The molecule has 0 saturated carbocycles. The molecule has 0 N–H and O–H groups in total. The van der Waals surface area contributed by atoms with E-state index in [1.54, 1.807) is 24.3 Å². The number of sulfone groups is 1. The topological polar surface area (TPSA) is 46.6 Å². The number of ether oxygens (including phenoxy) is 1. The minimum absolute atomic E-state index is 0.0662. The summed E-state index contributed by atoms with van der Waals surface area (Å²) in [5.74, 6) is 0.471. The van der Waals surface area contributed by atoms with Gasteiger partial charge in [0.15, 0.2) is 9.84 Å². The first-order valence-corrected chi connectivity index (χ1v) is 12.2. The van der Waals surface area contributed by atoms with Crippen LogP contribution in [-0.4, -0.2) is 37.9 Å². The Kier molecular flexibility index (Phi) is 7.87. The lowest BCUT2D eigenvalue weighted by Gasteiger charge is -2.38. The van der Waals surface area contributed by atoms with Crippen molar-refractivity contribution < 1.29 is 13.2 Å². The van der Waals surface area contributed by atoms with E-state index in [2.05, 4.69) is 30.9 Å². The second-order valence-electron chi connectivity index (χ2n) is 8.34. The van der Waals surface area contributed by atoms with Crippen molar-refractivity contribution in [2.45, 2.75) is 62.5 Å². The number of benzene rings is 2. The van der Waals surface area contributed by atoms with Crippen molar-refractivity contribution in [3.63, 3.8) is 0 Å². The van der Waals surface area contributed by atoms with Crippen molar-refractivity contribution in [1.82, 2.24) is 4.90 Å². The Labute approximate surface area is 175 Å². The molecule has 158 valence electrons. The SMILES string of the molecule is CC(C)CCC(N1CCCC(OCc2ccccc2)C1)S(=O)(=O)c1ccccc1. The van der Waals surface area contributed by atoms with Crippen LogP contribution in [0.5, 0.6) is 0 Å². The van der Waals surface area contributed by atoms with Crippen LogP contribution in [0.15, 0.2) is 65.6 Å². The summed E-state index contributed by atoms with van der Waals surface area (Å²) in [6.45, 7) is 6.34. The zero-order valence-electron chi connectivity index (χ0n) is 17.5. The number of nitrogens with zero attached hydrogens (tertiary/aromatic N) is 1. The molecular formula is C24H33NO3S. The zero-order chi connectivity index (χ0) is 20.7. The quantitative estimate of drug-likeness (QED) is 0.584. The summed E-state index contributed by atoms with van der Waals surface area (Å²) in [7, 11) is -3.42. The average Bonchev–Trinajstić information content (AvgIpc) is 2.74. The van der Waals surface area contributed by atoms with Gasteiger partial charge in [0, 0.05) is 6.54 Å². The Bertz CT molecular complexity index is 837. The summed E-state index contributed by atoms with van der Waals surface area (Å²) in [4.78, 5) is 2.56. The maximum absolute atomic E-state index is 13.4. The Hall–Kier alpha value is -1.69. The molecule has 4 nitrogen and oxygen atoms in total. The summed E-state index contributed by atoms with van der Waals surface area (Å²) in [6.07, 6.45) is 3.55. The molecule has 1 saturated heterocycles. The molecule has 0 bridgehead atoms. The van der Waals surface area contributed by atoms with E-state index in [1.807, 2.05) is 24.3 Å². The normalized spacial score (nSPS) is 19.3. The van der Waals surface area contributed by atoms with Gasteiger partial charge in [0.1, 0.15) is 5.37 Å². The van der Waals surface area contributed by atoms with Crippen LogP contribution in [0.4, 0.5) is 0 Å². The van der Waals surface area contributed by atoms with E-state index in [9.17, 15) is 8.42 Å². The van der Waals surface area contributed by atoms with Crippen molar-refractivity contribution in [2.75, 3.05) is 13.1 Å². The minimum atomic E-state index is -3.42. The summed E-state index contributed by atoms with van der Waals surface area (Å²) in [6, 6.07) is 19.0. The first kappa shape index (κ1) is 22.0. The van der Waals surface area contributed by atoms with Crippen LogP contribution in [-0.2, 0) is 21.2 Å². The number of likely N-dealkylation sites (tertiary alicyclic amines) is 1. The molecule has 0 radical (unpaired) electrons. The highest BCUT2D eigenvalue weighted by atomic mass is 32.2. The Morgan fingerprint density at radius 2 is 1.66 bits per heavy atom. The lowest BCUT2D eigenvalue weighted by atomic mass is 10.0. The van der Waals surface area contributed by atoms with Gasteiger partial charge in [-0.25, -0.2) is 8.42 Å². The maximum Gasteiger partial charge on any atom is 0.194 e. The number of piperidine rings is 1. The van der Waals surface area contributed by atoms with Gasteiger partial charge < -0.3 is 4.74 Å². The second kappa shape index (κ2) is 10.4. The number of hydrogen-bond acceptors (Lipinski definition) is 4. The molecule has 2 unspecified atom stereocenters. The fourth-order valence-electron chi connectivity index (χ4n) is 3.93. The molecular weight excluding hydrogens is 382 g/mol. The molecule has 0 spiro atoms. The molecule has 2 aromatic rings. The highest BCUT2D eigenvalue weighted by molar-refractivity contribution is 7.92.